The number of nitrogens with zero attached hydrogens (tertiary/aromatic N) is 3. The van der Waals surface area contributed by atoms with Gasteiger partial charge in [0, 0.05) is 24.9 Å². The fourth-order valence-corrected chi connectivity index (χ4v) is 4.20. The number of hydrogen-bond donors (Lipinski definition) is 3. The molecule has 2 aliphatic heterocycles. The number of carbonyl (C=O) groups is 2. The summed E-state index contributed by atoms with van der Waals surface area (Å²) in [6.07, 6.45) is 1.60. The smallest absolute Gasteiger partial charge is 0.376 e. The minimum Gasteiger partial charge on any atom is -0.376 e. The molecule has 4 heterocycles. The normalized spacial score (nSPS) is 23.2. The van der Waals surface area contributed by atoms with Crippen molar-refractivity contribution in [1.82, 2.24) is 19.9 Å². The van der Waals surface area contributed by atoms with E-state index in [1.165, 1.54) is 19.1 Å². The predicted molar refractivity (Wildman–Crippen MR) is 131 cm³/mol. The fourth-order valence-electron chi connectivity index (χ4n) is 4.20. The van der Waals surface area contributed by atoms with E-state index in [2.05, 4.69) is 30.0 Å². The quantitative estimate of drug-likeness (QED) is 0.308. The third-order valence-corrected chi connectivity index (χ3v) is 6.28. The zero-order valence-electron chi connectivity index (χ0n) is 20.6. The van der Waals surface area contributed by atoms with Crippen molar-refractivity contribution in [2.45, 2.75) is 32.2 Å². The molecule has 2 saturated heterocycles. The van der Waals surface area contributed by atoms with E-state index in [0.29, 0.717) is 41.0 Å². The van der Waals surface area contributed by atoms with Crippen molar-refractivity contribution in [2.24, 2.45) is 11.1 Å². The summed E-state index contributed by atoms with van der Waals surface area (Å²) >= 11 is 0. The number of H-pyrrole nitrogens is 1. The molecule has 38 heavy (non-hydrogen) atoms. The molecule has 0 saturated carbocycles. The zero-order chi connectivity index (χ0) is 26.7. The van der Waals surface area contributed by atoms with Gasteiger partial charge in [-0.3, -0.25) is 4.79 Å². The largest absolute Gasteiger partial charge is 0.412 e. The lowest BCUT2D eigenvalue weighted by Gasteiger charge is -2.34. The number of primary amides is 1. The first-order chi connectivity index (χ1) is 18.3. The minimum atomic E-state index is -1.23. The summed E-state index contributed by atoms with van der Waals surface area (Å²) in [6, 6.07) is 7.62. The molecule has 12 nitrogen and oxygen atoms in total. The maximum atomic E-state index is 13.6. The number of esters is 1. The van der Waals surface area contributed by atoms with Crippen molar-refractivity contribution in [2.75, 3.05) is 31.7 Å². The zero-order valence-corrected chi connectivity index (χ0v) is 20.6. The van der Waals surface area contributed by atoms with Crippen LogP contribution in [0.3, 0.4) is 0 Å². The molecule has 2 fully saturated rings. The molecule has 0 aliphatic carbocycles. The molecule has 1 amide bonds. The van der Waals surface area contributed by atoms with E-state index in [1.54, 1.807) is 24.4 Å². The molecule has 4 N–H and O–H groups in total. The first-order valence-corrected chi connectivity index (χ1v) is 12.1. The topological polar surface area (TPSA) is 164 Å². The highest BCUT2D eigenvalue weighted by Crippen LogP contribution is 2.36. The lowest BCUT2D eigenvalue weighted by molar-refractivity contribution is -0.236. The molecule has 3 aromatic rings. The van der Waals surface area contributed by atoms with Gasteiger partial charge < -0.3 is 35.0 Å². The molecule has 0 radical (unpaired) electrons. The van der Waals surface area contributed by atoms with Gasteiger partial charge >= 0.3 is 12.1 Å². The van der Waals surface area contributed by atoms with Crippen LogP contribution in [0.2, 0.25) is 0 Å². The van der Waals surface area contributed by atoms with E-state index < -0.39 is 23.8 Å². The van der Waals surface area contributed by atoms with Gasteiger partial charge in [0.05, 0.1) is 36.4 Å². The van der Waals surface area contributed by atoms with Crippen LogP contribution in [0.5, 0.6) is 0 Å². The number of rotatable bonds is 7. The van der Waals surface area contributed by atoms with Gasteiger partial charge in [0.1, 0.15) is 11.2 Å². The van der Waals surface area contributed by atoms with Crippen LogP contribution in [0.15, 0.2) is 36.5 Å². The van der Waals surface area contributed by atoms with Gasteiger partial charge in [-0.2, -0.15) is 0 Å². The number of amides is 1. The monoisotopic (exact) mass is 526 g/mol. The molecule has 0 bridgehead atoms. The van der Waals surface area contributed by atoms with Crippen molar-refractivity contribution in [3.63, 3.8) is 0 Å². The van der Waals surface area contributed by atoms with Gasteiger partial charge in [0.25, 0.3) is 0 Å². The molecular formula is C25H27FN6O6. The van der Waals surface area contributed by atoms with Crippen molar-refractivity contribution < 1.29 is 32.9 Å². The number of aromatic amines is 1. The predicted octanol–water partition coefficient (Wildman–Crippen LogP) is 2.94. The molecule has 1 unspecified atom stereocenters. The first-order valence-electron chi connectivity index (χ1n) is 12.1. The number of halogens is 1. The highest BCUT2D eigenvalue weighted by Gasteiger charge is 2.43. The number of carbonyl (C=O) groups excluding carboxylic acids is 2. The Morgan fingerprint density at radius 1 is 1.18 bits per heavy atom. The van der Waals surface area contributed by atoms with Crippen LogP contribution in [-0.4, -0.2) is 64.5 Å². The minimum absolute atomic E-state index is 0.101. The molecule has 1 atom stereocenters. The Morgan fingerprint density at radius 2 is 1.95 bits per heavy atom. The number of anilines is 1. The van der Waals surface area contributed by atoms with Gasteiger partial charge in [-0.05, 0) is 50.1 Å². The summed E-state index contributed by atoms with van der Waals surface area (Å²) in [5.41, 5.74) is 5.95. The van der Waals surface area contributed by atoms with Crippen LogP contribution in [0.25, 0.3) is 22.6 Å². The summed E-state index contributed by atoms with van der Waals surface area (Å²) < 4.78 is 35.3. The third kappa shape index (κ3) is 5.64. The lowest BCUT2D eigenvalue weighted by Crippen LogP contribution is -2.45. The number of ether oxygens (including phenoxy) is 4. The number of nitrogens with two attached hydrogens (primary N) is 1. The van der Waals surface area contributed by atoms with Gasteiger partial charge in [0.2, 0.25) is 12.2 Å². The Kier molecular flexibility index (Phi) is 7.31. The Morgan fingerprint density at radius 3 is 2.63 bits per heavy atom. The van der Waals surface area contributed by atoms with Gasteiger partial charge in [-0.25, -0.2) is 24.1 Å². The van der Waals surface area contributed by atoms with Gasteiger partial charge in [0.15, 0.2) is 5.82 Å². The SMILES string of the molecule is CC1(C(=O)OC(N)=O)COC(c2nc(-c3ccc(F)cc3)c(-c3ccnc(NCC4CCCO4)n3)[nH]2)OC1. The van der Waals surface area contributed by atoms with E-state index in [0.717, 1.165) is 19.4 Å². The number of benzene rings is 1. The van der Waals surface area contributed by atoms with E-state index in [-0.39, 0.29) is 25.1 Å². The third-order valence-electron chi connectivity index (χ3n) is 6.28. The van der Waals surface area contributed by atoms with Gasteiger partial charge in [-0.15, -0.1) is 0 Å². The van der Waals surface area contributed by atoms with E-state index in [4.69, 9.17) is 19.9 Å². The Balaban J connectivity index is 1.40. The van der Waals surface area contributed by atoms with Crippen LogP contribution >= 0.6 is 0 Å². The van der Waals surface area contributed by atoms with Crippen LogP contribution in [0, 0.1) is 11.2 Å². The van der Waals surface area contributed by atoms with E-state index in [9.17, 15) is 14.0 Å². The summed E-state index contributed by atoms with van der Waals surface area (Å²) in [7, 11) is 0. The first kappa shape index (κ1) is 25.7. The lowest BCUT2D eigenvalue weighted by atomic mass is 9.92. The average Bonchev–Trinajstić information content (AvgIpc) is 3.59. The maximum Gasteiger partial charge on any atom is 0.412 e. The molecular weight excluding hydrogens is 499 g/mol. The molecule has 200 valence electrons. The van der Waals surface area contributed by atoms with Crippen LogP contribution in [0.4, 0.5) is 15.1 Å². The van der Waals surface area contributed by atoms with E-state index in [1.807, 2.05) is 0 Å². The van der Waals surface area contributed by atoms with Crippen molar-refractivity contribution >= 4 is 18.0 Å². The molecule has 13 heteroatoms. The highest BCUT2D eigenvalue weighted by atomic mass is 19.1. The van der Waals surface area contributed by atoms with Crippen molar-refractivity contribution in [3.05, 3.63) is 48.2 Å². The van der Waals surface area contributed by atoms with Crippen LogP contribution in [0.1, 0.15) is 31.9 Å². The second-order valence-corrected chi connectivity index (χ2v) is 9.36. The molecule has 0 spiro atoms. The summed E-state index contributed by atoms with van der Waals surface area (Å²) in [4.78, 5) is 40.0. The number of aromatic nitrogens is 4. The maximum absolute atomic E-state index is 13.6. The van der Waals surface area contributed by atoms with E-state index >= 15 is 0 Å². The fraction of sp³-hybridized carbons (Fsp3) is 0.400. The number of imidazole rings is 1. The van der Waals surface area contributed by atoms with Crippen molar-refractivity contribution in [3.8, 4) is 22.6 Å². The summed E-state index contributed by atoms with van der Waals surface area (Å²) in [6.45, 7) is 2.68. The Labute approximate surface area is 217 Å². The van der Waals surface area contributed by atoms with Gasteiger partial charge in [-0.1, -0.05) is 0 Å². The summed E-state index contributed by atoms with van der Waals surface area (Å²) in [5.74, 6) is -0.486. The molecule has 2 aromatic heterocycles. The van der Waals surface area contributed by atoms with Crippen LogP contribution in [-0.2, 0) is 23.7 Å². The molecule has 5 rings (SSSR count). The standard InChI is InChI=1S/C25H27FN6O6/c1-25(22(33)38-23(27)34)12-36-21(37-13-25)20-31-18(14-4-6-15(26)7-5-14)19(32-20)17-8-9-28-24(30-17)29-11-16-3-2-10-35-16/h4-9,16,21H,2-3,10-13H2,1H3,(H2,27,34)(H,31,32)(H,28,29,30). The second kappa shape index (κ2) is 10.8. The average molecular weight is 527 g/mol. The Hall–Kier alpha value is -3.94. The molecule has 1 aromatic carbocycles. The highest BCUT2D eigenvalue weighted by molar-refractivity contribution is 5.87. The Bertz CT molecular complexity index is 1300. The molecule has 2 aliphatic rings. The summed E-state index contributed by atoms with van der Waals surface area (Å²) in [5, 5.41) is 3.21. The number of nitrogens with one attached hydrogen (secondary N) is 2. The van der Waals surface area contributed by atoms with Crippen LogP contribution < -0.4 is 11.1 Å². The second-order valence-electron chi connectivity index (χ2n) is 9.36. The van der Waals surface area contributed by atoms with Crippen molar-refractivity contribution in [1.29, 1.82) is 0 Å². The number of hydrogen-bond acceptors (Lipinski definition) is 10.